The fraction of sp³-hybridized carbons (Fsp3) is 0.320. The number of benzene rings is 2. The Kier molecular flexibility index (Phi) is 6.91. The lowest BCUT2D eigenvalue weighted by atomic mass is 9.95. The van der Waals surface area contributed by atoms with Crippen molar-refractivity contribution < 1.29 is 9.84 Å². The molecule has 1 aliphatic rings. The molecule has 1 saturated heterocycles. The van der Waals surface area contributed by atoms with Crippen LogP contribution in [-0.2, 0) is 5.60 Å². The summed E-state index contributed by atoms with van der Waals surface area (Å²) in [5.41, 5.74) is 2.04. The zero-order valence-electron chi connectivity index (χ0n) is 18.2. The van der Waals surface area contributed by atoms with Crippen LogP contribution in [0.4, 0.5) is 5.69 Å². The monoisotopic (exact) mass is 471 g/mol. The molecule has 2 heterocycles. The molecule has 1 aromatic heterocycles. The van der Waals surface area contributed by atoms with Crippen molar-refractivity contribution in [2.24, 2.45) is 0 Å². The highest BCUT2D eigenvalue weighted by Crippen LogP contribution is 2.33. The molecule has 168 valence electrons. The molecule has 1 aliphatic heterocycles. The van der Waals surface area contributed by atoms with Crippen LogP contribution >= 0.6 is 23.2 Å². The fourth-order valence-electron chi connectivity index (χ4n) is 4.24. The van der Waals surface area contributed by atoms with Crippen LogP contribution < -0.4 is 9.64 Å². The van der Waals surface area contributed by atoms with Gasteiger partial charge in [0, 0.05) is 59.7 Å². The van der Waals surface area contributed by atoms with Crippen LogP contribution in [0.25, 0.3) is 0 Å². The fourth-order valence-corrected chi connectivity index (χ4v) is 4.49. The minimum absolute atomic E-state index is 0.118. The number of pyridine rings is 1. The standard InChI is InChI=1S/C25H27Cl2N3O2/c1-25(31,19-5-12-24(32-2)28-15-19)17-29-13-14-30(22-10-8-21(27)9-11-22)23(16-29)18-3-6-20(26)7-4-18/h3-12,15,23,31H,13-14,16-17H2,1-2H3/t23-,25+/m0/s1. The Morgan fingerprint density at radius 1 is 1.00 bits per heavy atom. The first-order valence-corrected chi connectivity index (χ1v) is 11.3. The molecule has 32 heavy (non-hydrogen) atoms. The summed E-state index contributed by atoms with van der Waals surface area (Å²) in [4.78, 5) is 8.94. The number of methoxy groups -OCH3 is 1. The van der Waals surface area contributed by atoms with Gasteiger partial charge >= 0.3 is 0 Å². The molecule has 0 bridgehead atoms. The number of halogens is 2. The van der Waals surface area contributed by atoms with Crippen molar-refractivity contribution in [3.05, 3.63) is 88.0 Å². The Labute approximate surface area is 199 Å². The largest absolute Gasteiger partial charge is 0.481 e. The molecule has 0 radical (unpaired) electrons. The summed E-state index contributed by atoms with van der Waals surface area (Å²) in [6.45, 7) is 4.75. The van der Waals surface area contributed by atoms with E-state index in [-0.39, 0.29) is 6.04 Å². The van der Waals surface area contributed by atoms with Crippen LogP contribution in [0, 0.1) is 0 Å². The Morgan fingerprint density at radius 3 is 2.25 bits per heavy atom. The van der Waals surface area contributed by atoms with Gasteiger partial charge in [0.15, 0.2) is 0 Å². The highest BCUT2D eigenvalue weighted by molar-refractivity contribution is 6.30. The van der Waals surface area contributed by atoms with E-state index in [2.05, 4.69) is 39.0 Å². The van der Waals surface area contributed by atoms with Crippen LogP contribution in [0.15, 0.2) is 66.9 Å². The lowest BCUT2D eigenvalue weighted by molar-refractivity contribution is 0.00997. The summed E-state index contributed by atoms with van der Waals surface area (Å²) in [6.07, 6.45) is 1.68. The van der Waals surface area contributed by atoms with Gasteiger partial charge in [-0.25, -0.2) is 4.98 Å². The van der Waals surface area contributed by atoms with Crippen molar-refractivity contribution in [1.29, 1.82) is 0 Å². The number of ether oxygens (including phenoxy) is 1. The van der Waals surface area contributed by atoms with Crippen LogP contribution in [0.3, 0.4) is 0 Å². The maximum Gasteiger partial charge on any atom is 0.212 e. The first-order valence-electron chi connectivity index (χ1n) is 10.6. The summed E-state index contributed by atoms with van der Waals surface area (Å²) >= 11 is 12.3. The Balaban J connectivity index is 1.56. The van der Waals surface area contributed by atoms with Gasteiger partial charge in [0.05, 0.1) is 13.2 Å². The van der Waals surface area contributed by atoms with Crippen molar-refractivity contribution in [2.75, 3.05) is 38.2 Å². The summed E-state index contributed by atoms with van der Waals surface area (Å²) in [6, 6.07) is 19.7. The summed E-state index contributed by atoms with van der Waals surface area (Å²) in [5, 5.41) is 12.7. The van der Waals surface area contributed by atoms with Crippen molar-refractivity contribution in [3.63, 3.8) is 0 Å². The van der Waals surface area contributed by atoms with Gasteiger partial charge in [0.2, 0.25) is 5.88 Å². The summed E-state index contributed by atoms with van der Waals surface area (Å²) in [5.74, 6) is 0.531. The molecule has 2 atom stereocenters. The van der Waals surface area contributed by atoms with E-state index in [9.17, 15) is 5.11 Å². The number of piperazine rings is 1. The predicted molar refractivity (Wildman–Crippen MR) is 130 cm³/mol. The van der Waals surface area contributed by atoms with Gasteiger partial charge < -0.3 is 14.7 Å². The van der Waals surface area contributed by atoms with E-state index >= 15 is 0 Å². The van der Waals surface area contributed by atoms with Gasteiger partial charge in [-0.1, -0.05) is 35.3 Å². The second kappa shape index (κ2) is 9.67. The van der Waals surface area contributed by atoms with Crippen molar-refractivity contribution >= 4 is 28.9 Å². The SMILES string of the molecule is COc1ccc([C@](C)(O)CN2CCN(c3ccc(Cl)cc3)[C@H](c3ccc(Cl)cc3)C2)cn1. The smallest absolute Gasteiger partial charge is 0.212 e. The molecule has 0 aliphatic carbocycles. The van der Waals surface area contributed by atoms with Gasteiger partial charge in [0.25, 0.3) is 0 Å². The van der Waals surface area contributed by atoms with Crippen molar-refractivity contribution in [1.82, 2.24) is 9.88 Å². The van der Waals surface area contributed by atoms with E-state index in [1.54, 1.807) is 19.4 Å². The highest BCUT2D eigenvalue weighted by Gasteiger charge is 2.33. The highest BCUT2D eigenvalue weighted by atomic mass is 35.5. The first-order chi connectivity index (χ1) is 15.4. The zero-order chi connectivity index (χ0) is 22.7. The molecule has 0 amide bonds. The zero-order valence-corrected chi connectivity index (χ0v) is 19.7. The third kappa shape index (κ3) is 5.18. The quantitative estimate of drug-likeness (QED) is 0.537. The van der Waals surface area contributed by atoms with E-state index < -0.39 is 5.60 Å². The molecule has 1 N–H and O–H groups in total. The number of aromatic nitrogens is 1. The van der Waals surface area contributed by atoms with Crippen molar-refractivity contribution in [2.45, 2.75) is 18.6 Å². The number of hydrogen-bond acceptors (Lipinski definition) is 5. The molecule has 1 fully saturated rings. The molecule has 4 rings (SSSR count). The molecule has 2 aromatic carbocycles. The van der Waals surface area contributed by atoms with E-state index in [0.717, 1.165) is 40.9 Å². The lowest BCUT2D eigenvalue weighted by Gasteiger charge is -2.45. The molecular formula is C25H27Cl2N3O2. The number of hydrogen-bond donors (Lipinski definition) is 1. The second-order valence-corrected chi connectivity index (χ2v) is 9.21. The Hall–Kier alpha value is -2.31. The van der Waals surface area contributed by atoms with Gasteiger partial charge in [-0.15, -0.1) is 0 Å². The average molecular weight is 472 g/mol. The molecule has 3 aromatic rings. The molecule has 0 saturated carbocycles. The molecule has 0 spiro atoms. The van der Waals surface area contributed by atoms with E-state index in [1.165, 1.54) is 5.56 Å². The van der Waals surface area contributed by atoms with Crippen LogP contribution in [0.1, 0.15) is 24.1 Å². The molecule has 5 nitrogen and oxygen atoms in total. The van der Waals surface area contributed by atoms with E-state index in [0.29, 0.717) is 12.4 Å². The number of anilines is 1. The summed E-state index contributed by atoms with van der Waals surface area (Å²) in [7, 11) is 1.58. The topological polar surface area (TPSA) is 48.8 Å². The molecule has 0 unspecified atom stereocenters. The third-order valence-electron chi connectivity index (χ3n) is 5.98. The average Bonchev–Trinajstić information content (AvgIpc) is 2.80. The maximum atomic E-state index is 11.2. The van der Waals surface area contributed by atoms with E-state index in [1.807, 2.05) is 37.3 Å². The Bertz CT molecular complexity index is 1020. The lowest BCUT2D eigenvalue weighted by Crippen LogP contribution is -2.52. The van der Waals surface area contributed by atoms with Gasteiger partial charge in [-0.05, 0) is 55.0 Å². The van der Waals surface area contributed by atoms with Gasteiger partial charge in [0.1, 0.15) is 5.60 Å². The van der Waals surface area contributed by atoms with Gasteiger partial charge in [-0.3, -0.25) is 4.90 Å². The minimum Gasteiger partial charge on any atom is -0.481 e. The van der Waals surface area contributed by atoms with Crippen molar-refractivity contribution in [3.8, 4) is 5.88 Å². The Morgan fingerprint density at radius 2 is 1.66 bits per heavy atom. The number of β-amino-alcohol motifs (C(OH)–C–C–N with tert-alkyl or cyclic N) is 1. The third-order valence-corrected chi connectivity index (χ3v) is 6.48. The first kappa shape index (κ1) is 22.9. The normalized spacial score (nSPS) is 18.9. The number of nitrogens with zero attached hydrogens (tertiary/aromatic N) is 3. The van der Waals surface area contributed by atoms with Crippen LogP contribution in [0.2, 0.25) is 10.0 Å². The molecular weight excluding hydrogens is 445 g/mol. The van der Waals surface area contributed by atoms with Crippen LogP contribution in [-0.4, -0.2) is 48.3 Å². The number of rotatable bonds is 6. The summed E-state index contributed by atoms with van der Waals surface area (Å²) < 4.78 is 5.14. The number of aliphatic hydroxyl groups is 1. The second-order valence-electron chi connectivity index (χ2n) is 8.34. The minimum atomic E-state index is -1.04. The van der Waals surface area contributed by atoms with E-state index in [4.69, 9.17) is 27.9 Å². The van der Waals surface area contributed by atoms with Gasteiger partial charge in [-0.2, -0.15) is 0 Å². The maximum absolute atomic E-state index is 11.2. The predicted octanol–water partition coefficient (Wildman–Crippen LogP) is 5.17. The molecule has 7 heteroatoms. The van der Waals surface area contributed by atoms with Crippen LogP contribution in [0.5, 0.6) is 5.88 Å².